The number of nitrogens with zero attached hydrogens (tertiary/aromatic N) is 2. The summed E-state index contributed by atoms with van der Waals surface area (Å²) in [5.74, 6) is 0.793. The van der Waals surface area contributed by atoms with Crippen LogP contribution in [0.25, 0.3) is 0 Å². The average molecular weight is 422 g/mol. The number of amides is 2. The molecule has 158 valence electrons. The normalized spacial score (nSPS) is 26.7. The van der Waals surface area contributed by atoms with Gasteiger partial charge in [-0.3, -0.25) is 9.69 Å². The van der Waals surface area contributed by atoms with Crippen molar-refractivity contribution in [3.63, 3.8) is 0 Å². The molecule has 29 heavy (non-hydrogen) atoms. The van der Waals surface area contributed by atoms with E-state index in [0.29, 0.717) is 36.5 Å². The van der Waals surface area contributed by atoms with Crippen LogP contribution in [0.4, 0.5) is 20.6 Å². The van der Waals surface area contributed by atoms with Gasteiger partial charge in [-0.15, -0.1) is 0 Å². The number of carbonyl (C=O) groups excluding carboxylic acids is 2. The van der Waals surface area contributed by atoms with Crippen LogP contribution in [0, 0.1) is 11.7 Å². The predicted octanol–water partition coefficient (Wildman–Crippen LogP) is 3.40. The van der Waals surface area contributed by atoms with E-state index in [1.165, 1.54) is 11.0 Å². The number of benzene rings is 1. The Morgan fingerprint density at radius 2 is 2.10 bits per heavy atom. The maximum atomic E-state index is 15.0. The quantitative estimate of drug-likeness (QED) is 0.731. The smallest absolute Gasteiger partial charge is 0.414 e. The monoisotopic (exact) mass is 421 g/mol. The van der Waals surface area contributed by atoms with Crippen LogP contribution in [0.5, 0.6) is 0 Å². The van der Waals surface area contributed by atoms with Gasteiger partial charge in [0.2, 0.25) is 5.91 Å². The minimum absolute atomic E-state index is 0.0226. The van der Waals surface area contributed by atoms with Crippen molar-refractivity contribution in [2.75, 3.05) is 34.9 Å². The number of rotatable bonds is 7. The van der Waals surface area contributed by atoms with E-state index in [1.807, 2.05) is 0 Å². The highest BCUT2D eigenvalue weighted by Crippen LogP contribution is 2.35. The summed E-state index contributed by atoms with van der Waals surface area (Å²) in [4.78, 5) is 27.7. The third-order valence-electron chi connectivity index (χ3n) is 5.99. The molecule has 1 aromatic carbocycles. The fraction of sp³-hybridized carbons (Fsp3) is 0.619. The summed E-state index contributed by atoms with van der Waals surface area (Å²) in [6, 6.07) is 5.60. The van der Waals surface area contributed by atoms with Gasteiger partial charge in [-0.2, -0.15) is 11.8 Å². The van der Waals surface area contributed by atoms with Gasteiger partial charge >= 0.3 is 6.09 Å². The van der Waals surface area contributed by atoms with Gasteiger partial charge in [0.1, 0.15) is 11.9 Å². The summed E-state index contributed by atoms with van der Waals surface area (Å²) in [5, 5.41) is 2.83. The third kappa shape index (κ3) is 4.32. The minimum Gasteiger partial charge on any atom is -0.442 e. The number of nitrogens with one attached hydrogen (secondary N) is 1. The van der Waals surface area contributed by atoms with E-state index in [9.17, 15) is 9.59 Å². The molecule has 0 bridgehead atoms. The molecule has 8 heteroatoms. The molecule has 2 unspecified atom stereocenters. The zero-order chi connectivity index (χ0) is 20.5. The van der Waals surface area contributed by atoms with Gasteiger partial charge in [0.25, 0.3) is 0 Å². The van der Waals surface area contributed by atoms with E-state index in [4.69, 9.17) is 4.74 Å². The van der Waals surface area contributed by atoms with Crippen molar-refractivity contribution in [1.82, 2.24) is 5.32 Å². The number of ether oxygens (including phenoxy) is 1. The van der Waals surface area contributed by atoms with Gasteiger partial charge in [0.05, 0.1) is 24.5 Å². The Kier molecular flexibility index (Phi) is 5.90. The van der Waals surface area contributed by atoms with Crippen LogP contribution in [-0.4, -0.2) is 55.3 Å². The van der Waals surface area contributed by atoms with Crippen molar-refractivity contribution < 1.29 is 18.7 Å². The van der Waals surface area contributed by atoms with Gasteiger partial charge in [-0.1, -0.05) is 0 Å². The van der Waals surface area contributed by atoms with Crippen LogP contribution in [0.3, 0.4) is 0 Å². The molecule has 2 saturated heterocycles. The molecular weight excluding hydrogens is 393 g/mol. The molecule has 3 fully saturated rings. The lowest BCUT2D eigenvalue weighted by Gasteiger charge is -2.31. The highest BCUT2D eigenvalue weighted by molar-refractivity contribution is 7.98. The van der Waals surface area contributed by atoms with Crippen LogP contribution < -0.4 is 15.1 Å². The number of hydrogen-bond acceptors (Lipinski definition) is 5. The molecule has 2 amide bonds. The standard InChI is InChI=1S/C21H28FN3O3S/c1-13-3-6-16(12-29-2)25(13)19-8-7-15(9-18(19)22)24-11-17(28-21(24)27)10-23-20(26)14-4-5-14/h7-9,13-14,16-17H,3-6,10-12H2,1-2H3,(H,23,26)/t13?,16?,17-/m0/s1. The first-order chi connectivity index (χ1) is 14.0. The first-order valence-corrected chi connectivity index (χ1v) is 11.7. The molecule has 1 saturated carbocycles. The van der Waals surface area contributed by atoms with Crippen LogP contribution in [-0.2, 0) is 9.53 Å². The Hall–Kier alpha value is -1.96. The Bertz CT molecular complexity index is 786. The molecule has 4 rings (SSSR count). The summed E-state index contributed by atoms with van der Waals surface area (Å²) in [6.45, 7) is 2.73. The molecular formula is C21H28FN3O3S. The first-order valence-electron chi connectivity index (χ1n) is 10.3. The van der Waals surface area contributed by atoms with Crippen molar-refractivity contribution in [2.45, 2.75) is 50.8 Å². The van der Waals surface area contributed by atoms with Crippen LogP contribution >= 0.6 is 11.8 Å². The molecule has 1 N–H and O–H groups in total. The van der Waals surface area contributed by atoms with Gasteiger partial charge in [-0.25, -0.2) is 9.18 Å². The number of halogens is 1. The van der Waals surface area contributed by atoms with Gasteiger partial charge in [-0.05, 0) is 57.1 Å². The number of carbonyl (C=O) groups is 2. The van der Waals surface area contributed by atoms with Gasteiger partial charge < -0.3 is 15.0 Å². The Morgan fingerprint density at radius 3 is 2.79 bits per heavy atom. The van der Waals surface area contributed by atoms with E-state index in [2.05, 4.69) is 23.4 Å². The number of anilines is 2. The van der Waals surface area contributed by atoms with E-state index >= 15 is 4.39 Å². The average Bonchev–Trinajstić information content (AvgIpc) is 3.40. The van der Waals surface area contributed by atoms with E-state index < -0.39 is 12.2 Å². The summed E-state index contributed by atoms with van der Waals surface area (Å²) in [6.07, 6.45) is 5.14. The second-order valence-electron chi connectivity index (χ2n) is 8.21. The molecule has 0 aromatic heterocycles. The SMILES string of the molecule is CSCC1CCC(C)N1c1ccc(N2C[C@H](CNC(=O)C3CC3)OC2=O)cc1F. The van der Waals surface area contributed by atoms with E-state index in [1.54, 1.807) is 23.9 Å². The van der Waals surface area contributed by atoms with Crippen molar-refractivity contribution in [1.29, 1.82) is 0 Å². The molecule has 0 radical (unpaired) electrons. The van der Waals surface area contributed by atoms with Crippen molar-refractivity contribution in [2.24, 2.45) is 5.92 Å². The second-order valence-corrected chi connectivity index (χ2v) is 9.13. The van der Waals surface area contributed by atoms with Gasteiger partial charge in [0.15, 0.2) is 0 Å². The molecule has 1 aliphatic carbocycles. The lowest BCUT2D eigenvalue weighted by atomic mass is 10.2. The summed E-state index contributed by atoms with van der Waals surface area (Å²) in [5.41, 5.74) is 1.08. The topological polar surface area (TPSA) is 61.9 Å². The molecule has 0 spiro atoms. The Balaban J connectivity index is 1.43. The van der Waals surface area contributed by atoms with E-state index in [0.717, 1.165) is 31.4 Å². The first kappa shape index (κ1) is 20.3. The molecule has 3 atom stereocenters. The molecule has 1 aromatic rings. The Labute approximate surface area is 175 Å². The lowest BCUT2D eigenvalue weighted by Crippen LogP contribution is -2.37. The van der Waals surface area contributed by atoms with Crippen molar-refractivity contribution in [3.05, 3.63) is 24.0 Å². The van der Waals surface area contributed by atoms with Crippen molar-refractivity contribution >= 4 is 35.1 Å². The number of hydrogen-bond donors (Lipinski definition) is 1. The summed E-state index contributed by atoms with van der Waals surface area (Å²) >= 11 is 1.78. The van der Waals surface area contributed by atoms with Gasteiger partial charge in [0, 0.05) is 23.8 Å². The van der Waals surface area contributed by atoms with Crippen LogP contribution in [0.1, 0.15) is 32.6 Å². The highest BCUT2D eigenvalue weighted by atomic mass is 32.2. The maximum Gasteiger partial charge on any atom is 0.414 e. The summed E-state index contributed by atoms with van der Waals surface area (Å²) < 4.78 is 20.4. The minimum atomic E-state index is -0.502. The highest BCUT2D eigenvalue weighted by Gasteiger charge is 2.36. The third-order valence-corrected chi connectivity index (χ3v) is 6.71. The zero-order valence-corrected chi connectivity index (χ0v) is 17.7. The second kappa shape index (κ2) is 8.42. The van der Waals surface area contributed by atoms with Crippen molar-refractivity contribution in [3.8, 4) is 0 Å². The van der Waals surface area contributed by atoms with E-state index in [-0.39, 0.29) is 17.6 Å². The largest absolute Gasteiger partial charge is 0.442 e. The van der Waals surface area contributed by atoms with Crippen LogP contribution in [0.2, 0.25) is 0 Å². The van der Waals surface area contributed by atoms with Crippen LogP contribution in [0.15, 0.2) is 18.2 Å². The maximum absolute atomic E-state index is 15.0. The Morgan fingerprint density at radius 1 is 1.31 bits per heavy atom. The lowest BCUT2D eigenvalue weighted by molar-refractivity contribution is -0.122. The summed E-state index contributed by atoms with van der Waals surface area (Å²) in [7, 11) is 0. The number of cyclic esters (lactones) is 1. The fourth-order valence-corrected chi connectivity index (χ4v) is 4.99. The molecule has 2 aliphatic heterocycles. The molecule has 6 nitrogen and oxygen atoms in total. The zero-order valence-electron chi connectivity index (χ0n) is 16.9. The predicted molar refractivity (Wildman–Crippen MR) is 113 cm³/mol. The molecule has 2 heterocycles. The molecule has 3 aliphatic rings. The number of thioether (sulfide) groups is 1. The fourth-order valence-electron chi connectivity index (χ4n) is 4.28.